The molecule has 1 aromatic rings. The Kier molecular flexibility index (Phi) is 8.82. The zero-order valence-electron chi connectivity index (χ0n) is 19.9. The Hall–Kier alpha value is -2.01. The van der Waals surface area contributed by atoms with Gasteiger partial charge in [-0.3, -0.25) is 4.79 Å². The van der Waals surface area contributed by atoms with Crippen molar-refractivity contribution in [1.82, 2.24) is 9.80 Å². The summed E-state index contributed by atoms with van der Waals surface area (Å²) >= 11 is 0. The lowest BCUT2D eigenvalue weighted by Crippen LogP contribution is -2.40. The number of methoxy groups -OCH3 is 1. The zero-order valence-corrected chi connectivity index (χ0v) is 19.9. The lowest BCUT2D eigenvalue weighted by Gasteiger charge is -2.34. The highest BCUT2D eigenvalue weighted by molar-refractivity contribution is 5.97. The molecule has 2 saturated heterocycles. The Morgan fingerprint density at radius 2 is 1.87 bits per heavy atom. The number of carbonyl (C=O) groups excluding carboxylic acids is 1. The molecule has 172 valence electrons. The number of likely N-dealkylation sites (tertiary alicyclic amines) is 2. The van der Waals surface area contributed by atoms with Crippen molar-refractivity contribution in [3.63, 3.8) is 0 Å². The van der Waals surface area contributed by atoms with Gasteiger partial charge in [0.1, 0.15) is 17.6 Å². The summed E-state index contributed by atoms with van der Waals surface area (Å²) in [5.41, 5.74) is 2.07. The van der Waals surface area contributed by atoms with Crippen molar-refractivity contribution in [3.05, 3.63) is 35.4 Å². The number of ether oxygens (including phenoxy) is 2. The summed E-state index contributed by atoms with van der Waals surface area (Å²) in [4.78, 5) is 17.5. The van der Waals surface area contributed by atoms with Crippen LogP contribution in [0.4, 0.5) is 0 Å². The highest BCUT2D eigenvalue weighted by Gasteiger charge is 2.26. The smallest absolute Gasteiger partial charge is 0.257 e. The van der Waals surface area contributed by atoms with Crippen LogP contribution in [0.15, 0.2) is 29.8 Å². The molecule has 0 aromatic heterocycles. The first kappa shape index (κ1) is 23.6. The Balaban J connectivity index is 1.54. The third-order valence-corrected chi connectivity index (χ3v) is 6.42. The van der Waals surface area contributed by atoms with Gasteiger partial charge in [0.2, 0.25) is 0 Å². The molecule has 5 nitrogen and oxygen atoms in total. The van der Waals surface area contributed by atoms with Crippen molar-refractivity contribution in [3.8, 4) is 11.5 Å². The van der Waals surface area contributed by atoms with E-state index in [-0.39, 0.29) is 12.0 Å². The van der Waals surface area contributed by atoms with Crippen LogP contribution in [0.25, 0.3) is 0 Å². The summed E-state index contributed by atoms with van der Waals surface area (Å²) in [6, 6.07) is 5.59. The van der Waals surface area contributed by atoms with Crippen LogP contribution < -0.4 is 9.47 Å². The highest BCUT2D eigenvalue weighted by atomic mass is 16.5. The molecule has 1 amide bonds. The van der Waals surface area contributed by atoms with E-state index in [1.54, 1.807) is 7.11 Å². The zero-order chi connectivity index (χ0) is 22.2. The van der Waals surface area contributed by atoms with E-state index >= 15 is 0 Å². The Labute approximate surface area is 188 Å². The molecule has 0 aliphatic carbocycles. The van der Waals surface area contributed by atoms with Crippen LogP contribution in [0.1, 0.15) is 69.7 Å². The summed E-state index contributed by atoms with van der Waals surface area (Å²) < 4.78 is 11.8. The minimum absolute atomic E-state index is 0.0813. The molecule has 2 fully saturated rings. The first-order chi connectivity index (χ1) is 15.0. The molecule has 2 aliphatic rings. The Morgan fingerprint density at radius 3 is 2.52 bits per heavy atom. The average molecular weight is 429 g/mol. The summed E-state index contributed by atoms with van der Waals surface area (Å²) in [5.74, 6) is 2.19. The van der Waals surface area contributed by atoms with Gasteiger partial charge in [-0.15, -0.1) is 0 Å². The van der Waals surface area contributed by atoms with Crippen LogP contribution in [0, 0.1) is 5.92 Å². The number of hydrogen-bond donors (Lipinski definition) is 0. The monoisotopic (exact) mass is 428 g/mol. The fraction of sp³-hybridized carbons (Fsp3) is 0.654. The maximum absolute atomic E-state index is 13.0. The second kappa shape index (κ2) is 11.6. The van der Waals surface area contributed by atoms with Gasteiger partial charge in [-0.1, -0.05) is 18.6 Å². The van der Waals surface area contributed by atoms with E-state index in [0.29, 0.717) is 17.2 Å². The van der Waals surface area contributed by atoms with E-state index in [9.17, 15) is 4.79 Å². The van der Waals surface area contributed by atoms with Gasteiger partial charge < -0.3 is 19.3 Å². The summed E-state index contributed by atoms with van der Waals surface area (Å²) in [6.07, 6.45) is 9.07. The average Bonchev–Trinajstić information content (AvgIpc) is 3.29. The first-order valence-electron chi connectivity index (χ1n) is 12.0. The fourth-order valence-electron chi connectivity index (χ4n) is 4.57. The van der Waals surface area contributed by atoms with Crippen molar-refractivity contribution in [2.75, 3.05) is 39.8 Å². The van der Waals surface area contributed by atoms with Gasteiger partial charge in [-0.2, -0.15) is 0 Å². The molecule has 31 heavy (non-hydrogen) atoms. The van der Waals surface area contributed by atoms with E-state index in [1.807, 2.05) is 23.1 Å². The van der Waals surface area contributed by atoms with Crippen LogP contribution in [0.2, 0.25) is 0 Å². The van der Waals surface area contributed by atoms with Gasteiger partial charge in [-0.25, -0.2) is 0 Å². The van der Waals surface area contributed by atoms with Gasteiger partial charge in [-0.05, 0) is 70.4 Å². The quantitative estimate of drug-likeness (QED) is 0.510. The Bertz CT molecular complexity index is 743. The largest absolute Gasteiger partial charge is 0.497 e. The molecule has 2 heterocycles. The maximum atomic E-state index is 13.0. The van der Waals surface area contributed by atoms with Crippen molar-refractivity contribution in [2.45, 2.75) is 65.4 Å². The standard InChI is InChI=1S/C26H40N2O3/c1-20(2)8-7-9-21(3)19-27-16-12-22(13-17-27)31-25-18-23(30-4)10-11-24(25)26(29)28-14-5-6-15-28/h8,10-11,18,21-22H,5-7,9,12-17,19H2,1-4H3. The number of carbonyl (C=O) groups is 1. The second-order valence-corrected chi connectivity index (χ2v) is 9.44. The van der Waals surface area contributed by atoms with Crippen LogP contribution in [0.5, 0.6) is 11.5 Å². The molecule has 0 N–H and O–H groups in total. The summed E-state index contributed by atoms with van der Waals surface area (Å²) in [7, 11) is 1.65. The van der Waals surface area contributed by atoms with Crippen molar-refractivity contribution in [1.29, 1.82) is 0 Å². The third kappa shape index (κ3) is 6.99. The van der Waals surface area contributed by atoms with Crippen LogP contribution >= 0.6 is 0 Å². The van der Waals surface area contributed by atoms with Gasteiger partial charge in [0, 0.05) is 38.8 Å². The molecule has 0 bridgehead atoms. The number of allylic oxidation sites excluding steroid dienone is 2. The molecule has 0 spiro atoms. The Morgan fingerprint density at radius 1 is 1.16 bits per heavy atom. The van der Waals surface area contributed by atoms with Gasteiger partial charge >= 0.3 is 0 Å². The molecular weight excluding hydrogens is 388 g/mol. The van der Waals surface area contributed by atoms with Gasteiger partial charge in [0.15, 0.2) is 0 Å². The van der Waals surface area contributed by atoms with E-state index in [2.05, 4.69) is 31.7 Å². The van der Waals surface area contributed by atoms with Crippen LogP contribution in [-0.2, 0) is 0 Å². The van der Waals surface area contributed by atoms with E-state index in [1.165, 1.54) is 18.4 Å². The molecule has 0 saturated carbocycles. The number of piperidine rings is 1. The first-order valence-corrected chi connectivity index (χ1v) is 12.0. The predicted octanol–water partition coefficient (Wildman–Crippen LogP) is 5.16. The number of rotatable bonds is 9. The minimum atomic E-state index is 0.0813. The van der Waals surface area contributed by atoms with Crippen LogP contribution in [-0.4, -0.2) is 61.6 Å². The predicted molar refractivity (Wildman–Crippen MR) is 126 cm³/mol. The van der Waals surface area contributed by atoms with Crippen LogP contribution in [0.3, 0.4) is 0 Å². The lowest BCUT2D eigenvalue weighted by molar-refractivity contribution is 0.0759. The van der Waals surface area contributed by atoms with E-state index < -0.39 is 0 Å². The normalized spacial score (nSPS) is 18.6. The maximum Gasteiger partial charge on any atom is 0.257 e. The molecular formula is C26H40N2O3. The van der Waals surface area contributed by atoms with Crippen molar-refractivity contribution in [2.24, 2.45) is 5.92 Å². The summed E-state index contributed by atoms with van der Waals surface area (Å²) in [5, 5.41) is 0. The van der Waals surface area contributed by atoms with Crippen molar-refractivity contribution < 1.29 is 14.3 Å². The number of nitrogens with zero attached hydrogens (tertiary/aromatic N) is 2. The fourth-order valence-corrected chi connectivity index (χ4v) is 4.57. The van der Waals surface area contributed by atoms with E-state index in [0.717, 1.165) is 64.2 Å². The van der Waals surface area contributed by atoms with Gasteiger partial charge in [0.25, 0.3) is 5.91 Å². The molecule has 0 radical (unpaired) electrons. The molecule has 5 heteroatoms. The number of amides is 1. The number of hydrogen-bond acceptors (Lipinski definition) is 4. The highest BCUT2D eigenvalue weighted by Crippen LogP contribution is 2.30. The van der Waals surface area contributed by atoms with E-state index in [4.69, 9.17) is 9.47 Å². The summed E-state index contributed by atoms with van der Waals surface area (Å²) in [6.45, 7) is 11.6. The molecule has 1 atom stereocenters. The third-order valence-electron chi connectivity index (χ3n) is 6.42. The molecule has 2 aliphatic heterocycles. The molecule has 1 aromatic carbocycles. The topological polar surface area (TPSA) is 42.0 Å². The molecule has 3 rings (SSSR count). The SMILES string of the molecule is COc1ccc(C(=O)N2CCCC2)c(OC2CCN(CC(C)CCC=C(C)C)CC2)c1. The minimum Gasteiger partial charge on any atom is -0.497 e. The second-order valence-electron chi connectivity index (χ2n) is 9.44. The molecule has 1 unspecified atom stereocenters. The number of benzene rings is 1. The van der Waals surface area contributed by atoms with Crippen molar-refractivity contribution >= 4 is 5.91 Å². The lowest BCUT2D eigenvalue weighted by atomic mass is 10.0. The van der Waals surface area contributed by atoms with Gasteiger partial charge in [0.05, 0.1) is 12.7 Å².